The van der Waals surface area contributed by atoms with Crippen molar-refractivity contribution >= 4 is 31.3 Å². The van der Waals surface area contributed by atoms with E-state index in [9.17, 15) is 9.59 Å². The molecule has 1 aromatic rings. The predicted octanol–water partition coefficient (Wildman–Crippen LogP) is 2.12. The fourth-order valence-corrected chi connectivity index (χ4v) is 4.01. The molecule has 0 bridgehead atoms. The largest absolute Gasteiger partial charge is 0.481 e. The third-order valence-corrected chi connectivity index (χ3v) is 6.85. The van der Waals surface area contributed by atoms with E-state index in [1.807, 2.05) is 45.9 Å². The van der Waals surface area contributed by atoms with Crippen molar-refractivity contribution in [3.05, 3.63) is 35.9 Å². The molecular formula is C24H39BClN3O5. The van der Waals surface area contributed by atoms with Crippen LogP contribution in [-0.4, -0.2) is 73.3 Å². The number of nitrogens with two attached hydrogens (primary N) is 1. The minimum atomic E-state index is -0.931. The van der Waals surface area contributed by atoms with Gasteiger partial charge >= 0.3 is 7.12 Å². The first kappa shape index (κ1) is 28.6. The zero-order valence-corrected chi connectivity index (χ0v) is 21.6. The molecule has 1 aromatic carbocycles. The molecule has 0 aliphatic carbocycles. The molecule has 2 fully saturated rings. The maximum absolute atomic E-state index is 12.9. The van der Waals surface area contributed by atoms with Gasteiger partial charge in [0.2, 0.25) is 11.8 Å². The van der Waals surface area contributed by atoms with Crippen LogP contribution in [0.4, 0.5) is 0 Å². The van der Waals surface area contributed by atoms with Crippen LogP contribution >= 0.6 is 12.4 Å². The summed E-state index contributed by atoms with van der Waals surface area (Å²) < 4.78 is 17.7. The Balaban J connectivity index is 0.00000408. The number of carbonyl (C=O) groups is 2. The Morgan fingerprint density at radius 1 is 1.09 bits per heavy atom. The van der Waals surface area contributed by atoms with Gasteiger partial charge in [0.05, 0.1) is 42.8 Å². The number of carbonyl (C=O) groups excluding carboxylic acids is 2. The molecule has 2 heterocycles. The van der Waals surface area contributed by atoms with Crippen molar-refractivity contribution in [1.82, 2.24) is 10.2 Å². The highest BCUT2D eigenvalue weighted by Crippen LogP contribution is 2.38. The highest BCUT2D eigenvalue weighted by atomic mass is 35.5. The monoisotopic (exact) mass is 495 g/mol. The minimum Gasteiger partial charge on any atom is -0.402 e. The number of aryl methyl sites for hydroxylation is 1. The second kappa shape index (κ2) is 12.4. The van der Waals surface area contributed by atoms with Gasteiger partial charge in [0.25, 0.3) is 0 Å². The Kier molecular flexibility index (Phi) is 10.4. The molecule has 190 valence electrons. The zero-order valence-electron chi connectivity index (χ0n) is 20.7. The van der Waals surface area contributed by atoms with Gasteiger partial charge in [-0.1, -0.05) is 30.3 Å². The molecular weight excluding hydrogens is 457 g/mol. The van der Waals surface area contributed by atoms with Crippen molar-refractivity contribution in [1.29, 1.82) is 0 Å². The summed E-state index contributed by atoms with van der Waals surface area (Å²) in [6, 6.07) is 9.29. The van der Waals surface area contributed by atoms with Gasteiger partial charge in [0.1, 0.15) is 0 Å². The molecule has 2 aliphatic rings. The van der Waals surface area contributed by atoms with Gasteiger partial charge in [-0.15, -0.1) is 12.4 Å². The number of morpholine rings is 1. The summed E-state index contributed by atoms with van der Waals surface area (Å²) in [6.45, 7) is 10.0. The van der Waals surface area contributed by atoms with Crippen LogP contribution < -0.4 is 11.1 Å². The van der Waals surface area contributed by atoms with E-state index >= 15 is 0 Å². The van der Waals surface area contributed by atoms with Gasteiger partial charge in [0, 0.05) is 13.1 Å². The molecule has 3 N–H and O–H groups in total. The molecule has 2 amide bonds. The predicted molar refractivity (Wildman–Crippen MR) is 135 cm³/mol. The summed E-state index contributed by atoms with van der Waals surface area (Å²) in [7, 11) is -0.586. The zero-order chi connectivity index (χ0) is 24.1. The average molecular weight is 496 g/mol. The van der Waals surface area contributed by atoms with Gasteiger partial charge in [-0.05, 0) is 52.5 Å². The summed E-state index contributed by atoms with van der Waals surface area (Å²) >= 11 is 0. The van der Waals surface area contributed by atoms with Gasteiger partial charge in [-0.3, -0.25) is 9.59 Å². The van der Waals surface area contributed by atoms with Crippen molar-refractivity contribution in [2.24, 2.45) is 5.73 Å². The number of rotatable bonds is 9. The van der Waals surface area contributed by atoms with Crippen LogP contribution in [0.5, 0.6) is 0 Å². The van der Waals surface area contributed by atoms with Crippen LogP contribution in [0.25, 0.3) is 0 Å². The van der Waals surface area contributed by atoms with E-state index < -0.39 is 24.4 Å². The number of ether oxygens (including phenoxy) is 1. The van der Waals surface area contributed by atoms with Gasteiger partial charge < -0.3 is 30.0 Å². The maximum atomic E-state index is 12.9. The molecule has 0 saturated carbocycles. The van der Waals surface area contributed by atoms with Crippen molar-refractivity contribution in [3.8, 4) is 0 Å². The number of hydrogen-bond acceptors (Lipinski definition) is 6. The lowest BCUT2D eigenvalue weighted by Crippen LogP contribution is -2.54. The minimum absolute atomic E-state index is 0. The summed E-state index contributed by atoms with van der Waals surface area (Å²) in [5.41, 5.74) is 6.35. The Labute approximate surface area is 209 Å². The van der Waals surface area contributed by atoms with Crippen molar-refractivity contribution in [2.45, 2.75) is 76.6 Å². The molecule has 10 heteroatoms. The van der Waals surface area contributed by atoms with Gasteiger partial charge in [0.15, 0.2) is 0 Å². The van der Waals surface area contributed by atoms with Crippen LogP contribution in [0.3, 0.4) is 0 Å². The molecule has 0 aromatic heterocycles. The van der Waals surface area contributed by atoms with E-state index in [0.29, 0.717) is 32.7 Å². The van der Waals surface area contributed by atoms with Crippen molar-refractivity contribution in [3.63, 3.8) is 0 Å². The average Bonchev–Trinajstić information content (AvgIpc) is 3.01. The lowest BCUT2D eigenvalue weighted by molar-refractivity contribution is -0.137. The second-order valence-corrected chi connectivity index (χ2v) is 9.92. The van der Waals surface area contributed by atoms with Crippen LogP contribution in [0.1, 0.15) is 52.5 Å². The highest BCUT2D eigenvalue weighted by Gasteiger charge is 2.54. The number of nitrogens with zero attached hydrogens (tertiary/aromatic N) is 1. The molecule has 3 rings (SSSR count). The van der Waals surface area contributed by atoms with Crippen LogP contribution in [0.2, 0.25) is 0 Å². The fourth-order valence-electron chi connectivity index (χ4n) is 4.01. The Hall–Kier alpha value is -1.65. The quantitative estimate of drug-likeness (QED) is 0.509. The normalized spacial score (nSPS) is 20.9. The topological polar surface area (TPSA) is 103 Å². The first-order chi connectivity index (χ1) is 15.6. The number of nitrogens with one attached hydrogen (secondary N) is 1. The Morgan fingerprint density at radius 2 is 1.68 bits per heavy atom. The van der Waals surface area contributed by atoms with Crippen LogP contribution in [0.15, 0.2) is 30.3 Å². The van der Waals surface area contributed by atoms with E-state index in [1.165, 1.54) is 5.56 Å². The van der Waals surface area contributed by atoms with Crippen molar-refractivity contribution in [2.75, 3.05) is 26.3 Å². The molecule has 8 nitrogen and oxygen atoms in total. The van der Waals surface area contributed by atoms with Crippen molar-refractivity contribution < 1.29 is 23.6 Å². The van der Waals surface area contributed by atoms with E-state index in [0.717, 1.165) is 12.8 Å². The number of halogens is 1. The second-order valence-electron chi connectivity index (χ2n) is 9.92. The molecule has 34 heavy (non-hydrogen) atoms. The van der Waals surface area contributed by atoms with E-state index in [-0.39, 0.29) is 36.6 Å². The van der Waals surface area contributed by atoms with Gasteiger partial charge in [-0.25, -0.2) is 0 Å². The molecule has 2 aliphatic heterocycles. The number of hydrogen-bond donors (Lipinski definition) is 2. The van der Waals surface area contributed by atoms with Crippen LogP contribution in [-0.2, 0) is 30.1 Å². The third kappa shape index (κ3) is 7.42. The smallest absolute Gasteiger partial charge is 0.402 e. The molecule has 0 radical (unpaired) electrons. The Morgan fingerprint density at radius 3 is 2.26 bits per heavy atom. The van der Waals surface area contributed by atoms with Gasteiger partial charge in [-0.2, -0.15) is 0 Å². The summed E-state index contributed by atoms with van der Waals surface area (Å²) in [6.07, 6.45) is 2.36. The van der Waals surface area contributed by atoms with E-state index in [4.69, 9.17) is 19.8 Å². The standard InChI is InChI=1S/C24H38BN3O5.ClH/c1-23(2)24(3,4)33-25(32-23)20(12-8-11-18-9-6-5-7-10-18)27-22(30)19(26)17-21(29)28-13-15-31-16-14-28;/h5-7,9-10,19-20H,8,11-17,26H2,1-4H3,(H,27,30);1H/t19-,20+;/m1./s1. The van der Waals surface area contributed by atoms with E-state index in [1.54, 1.807) is 4.90 Å². The highest BCUT2D eigenvalue weighted by molar-refractivity contribution is 6.48. The summed E-state index contributed by atoms with van der Waals surface area (Å²) in [5.74, 6) is -0.861. The number of benzene rings is 1. The lowest BCUT2D eigenvalue weighted by Gasteiger charge is -2.32. The molecule has 2 atom stereocenters. The first-order valence-electron chi connectivity index (χ1n) is 11.9. The SMILES string of the molecule is CC1(C)OB([C@H](CCCc2ccccc2)NC(=O)[C@H](N)CC(=O)N2CCOCC2)OC1(C)C.Cl. The molecule has 0 spiro atoms. The Bertz CT molecular complexity index is 789. The van der Waals surface area contributed by atoms with Crippen LogP contribution in [0, 0.1) is 0 Å². The number of amides is 2. The third-order valence-electron chi connectivity index (χ3n) is 6.85. The molecule has 2 saturated heterocycles. The molecule has 0 unspecified atom stereocenters. The lowest BCUT2D eigenvalue weighted by atomic mass is 9.75. The summed E-state index contributed by atoms with van der Waals surface area (Å²) in [5, 5.41) is 3.02. The summed E-state index contributed by atoms with van der Waals surface area (Å²) in [4.78, 5) is 27.2. The fraction of sp³-hybridized carbons (Fsp3) is 0.667. The maximum Gasteiger partial charge on any atom is 0.481 e. The first-order valence-corrected chi connectivity index (χ1v) is 11.9. The van der Waals surface area contributed by atoms with E-state index in [2.05, 4.69) is 17.4 Å².